The normalized spacial score (nSPS) is 18.8. The molecule has 222 valence electrons. The van der Waals surface area contributed by atoms with Crippen LogP contribution in [-0.2, 0) is 35.7 Å². The van der Waals surface area contributed by atoms with Gasteiger partial charge in [-0.05, 0) is 30.7 Å². The second-order valence-corrected chi connectivity index (χ2v) is 10.3. The number of aliphatic carboxylic acids is 2. The summed E-state index contributed by atoms with van der Waals surface area (Å²) < 4.78 is 102. The van der Waals surface area contributed by atoms with Crippen molar-refractivity contribution in [3.63, 3.8) is 0 Å². The van der Waals surface area contributed by atoms with Gasteiger partial charge in [0.15, 0.2) is 0 Å². The Bertz CT molecular complexity index is 1200. The highest BCUT2D eigenvalue weighted by Crippen LogP contribution is 2.38. The third kappa shape index (κ3) is 9.68. The van der Waals surface area contributed by atoms with Gasteiger partial charge in [-0.25, -0.2) is 18.0 Å². The van der Waals surface area contributed by atoms with Gasteiger partial charge in [-0.2, -0.15) is 30.6 Å². The second-order valence-electron chi connectivity index (χ2n) is 8.35. The molecule has 2 aromatic rings. The van der Waals surface area contributed by atoms with E-state index in [1.165, 1.54) is 10.5 Å². The molecule has 0 amide bonds. The van der Waals surface area contributed by atoms with Gasteiger partial charge < -0.3 is 19.7 Å². The van der Waals surface area contributed by atoms with E-state index in [4.69, 9.17) is 29.3 Å². The summed E-state index contributed by atoms with van der Waals surface area (Å²) in [5.41, 5.74) is 0.449. The molecule has 2 fully saturated rings. The number of rotatable bonds is 5. The van der Waals surface area contributed by atoms with Crippen LogP contribution in [0.1, 0.15) is 18.5 Å². The van der Waals surface area contributed by atoms with Gasteiger partial charge in [0, 0.05) is 44.7 Å². The van der Waals surface area contributed by atoms with E-state index in [-0.39, 0.29) is 11.0 Å². The van der Waals surface area contributed by atoms with Crippen molar-refractivity contribution in [2.24, 2.45) is 0 Å². The number of hydrogen-bond acceptors (Lipinski definition) is 8. The van der Waals surface area contributed by atoms with Gasteiger partial charge in [-0.3, -0.25) is 9.97 Å². The van der Waals surface area contributed by atoms with Crippen molar-refractivity contribution in [1.82, 2.24) is 14.3 Å². The van der Waals surface area contributed by atoms with Crippen molar-refractivity contribution in [2.75, 3.05) is 19.7 Å². The zero-order chi connectivity index (χ0) is 30.2. The molecule has 0 aromatic carbocycles. The predicted octanol–water partition coefficient (Wildman–Crippen LogP) is 2.88. The molecule has 2 aliphatic heterocycles. The molecule has 0 radical (unpaired) electrons. The molecule has 1 atom stereocenters. The zero-order valence-corrected chi connectivity index (χ0v) is 21.1. The molecule has 4 rings (SSSR count). The lowest BCUT2D eigenvalue weighted by atomic mass is 9.86. The van der Waals surface area contributed by atoms with Crippen LogP contribution in [0.25, 0.3) is 0 Å². The molecule has 0 bridgehead atoms. The summed E-state index contributed by atoms with van der Waals surface area (Å²) in [5.74, 6) is -5.51. The molecule has 40 heavy (non-hydrogen) atoms. The monoisotopic (exact) mass is 603 g/mol. The van der Waals surface area contributed by atoms with Gasteiger partial charge in [0.25, 0.3) is 0 Å². The first kappa shape index (κ1) is 32.9. The van der Waals surface area contributed by atoms with Gasteiger partial charge in [0.2, 0.25) is 10.0 Å². The Balaban J connectivity index is 0.000000333. The summed E-state index contributed by atoms with van der Waals surface area (Å²) in [4.78, 5) is 26.2. The molecule has 2 saturated heterocycles. The summed E-state index contributed by atoms with van der Waals surface area (Å²) in [6.07, 6.45) is -3.93. The number of aromatic nitrogens is 2. The van der Waals surface area contributed by atoms with Gasteiger partial charge in [0.1, 0.15) is 4.90 Å². The minimum absolute atomic E-state index is 0.0500. The highest BCUT2D eigenvalue weighted by Gasteiger charge is 2.52. The second kappa shape index (κ2) is 13.3. The van der Waals surface area contributed by atoms with Crippen LogP contribution in [0.2, 0.25) is 0 Å². The van der Waals surface area contributed by atoms with E-state index in [0.717, 1.165) is 12.1 Å². The van der Waals surface area contributed by atoms with Crippen molar-refractivity contribution in [2.45, 2.75) is 48.4 Å². The highest BCUT2D eigenvalue weighted by atomic mass is 32.2. The number of sulfonamides is 1. The van der Waals surface area contributed by atoms with Gasteiger partial charge >= 0.3 is 24.3 Å². The largest absolute Gasteiger partial charge is 0.490 e. The summed E-state index contributed by atoms with van der Waals surface area (Å²) in [5, 5.41) is 14.2. The number of carboxylic acids is 2. The number of hydrogen-bond donors (Lipinski definition) is 2. The molecule has 11 nitrogen and oxygen atoms in total. The Hall–Kier alpha value is -3.35. The van der Waals surface area contributed by atoms with Crippen molar-refractivity contribution >= 4 is 22.0 Å². The smallest absolute Gasteiger partial charge is 0.475 e. The van der Waals surface area contributed by atoms with Crippen LogP contribution in [-0.4, -0.2) is 88.6 Å². The van der Waals surface area contributed by atoms with Crippen LogP contribution in [0, 0.1) is 0 Å². The molecule has 1 unspecified atom stereocenters. The Morgan fingerprint density at radius 2 is 1.62 bits per heavy atom. The van der Waals surface area contributed by atoms with Gasteiger partial charge in [-0.1, -0.05) is 6.07 Å². The molecule has 18 heteroatoms. The average Bonchev–Trinajstić information content (AvgIpc) is 2.87. The minimum atomic E-state index is -5.08. The van der Waals surface area contributed by atoms with E-state index >= 15 is 0 Å². The molecule has 2 N–H and O–H groups in total. The first-order valence-electron chi connectivity index (χ1n) is 11.1. The predicted molar refractivity (Wildman–Crippen MR) is 121 cm³/mol. The maximum Gasteiger partial charge on any atom is 0.490 e. The van der Waals surface area contributed by atoms with Crippen LogP contribution in [0.4, 0.5) is 26.3 Å². The van der Waals surface area contributed by atoms with Crippen LogP contribution in [0.15, 0.2) is 53.8 Å². The van der Waals surface area contributed by atoms with Crippen molar-refractivity contribution < 1.29 is 64.0 Å². The van der Waals surface area contributed by atoms with E-state index in [9.17, 15) is 34.8 Å². The summed E-state index contributed by atoms with van der Waals surface area (Å²) in [6.45, 7) is 1.74. The lowest BCUT2D eigenvalue weighted by Gasteiger charge is -2.52. The van der Waals surface area contributed by atoms with E-state index in [1.54, 1.807) is 24.5 Å². The zero-order valence-electron chi connectivity index (χ0n) is 20.3. The maximum absolute atomic E-state index is 12.6. The fraction of sp³-hybridized carbons (Fsp3) is 0.455. The first-order valence-corrected chi connectivity index (χ1v) is 12.6. The van der Waals surface area contributed by atoms with Crippen LogP contribution in [0.3, 0.4) is 0 Å². The van der Waals surface area contributed by atoms with Gasteiger partial charge in [0.05, 0.1) is 24.0 Å². The third-order valence-corrected chi connectivity index (χ3v) is 7.10. The highest BCUT2D eigenvalue weighted by molar-refractivity contribution is 7.89. The molecule has 4 heterocycles. The lowest BCUT2D eigenvalue weighted by molar-refractivity contribution is -0.193. The topological polar surface area (TPSA) is 156 Å². The summed E-state index contributed by atoms with van der Waals surface area (Å²) >= 11 is 0. The summed E-state index contributed by atoms with van der Waals surface area (Å²) in [6, 6.07) is 8.93. The maximum atomic E-state index is 12.6. The summed E-state index contributed by atoms with van der Waals surface area (Å²) in [7, 11) is -3.51. The Labute approximate surface area is 223 Å². The van der Waals surface area contributed by atoms with Crippen molar-refractivity contribution in [3.8, 4) is 0 Å². The fourth-order valence-electron chi connectivity index (χ4n) is 3.45. The molecule has 1 spiro atoms. The minimum Gasteiger partial charge on any atom is -0.475 e. The Morgan fingerprint density at radius 3 is 2.10 bits per heavy atom. The molecule has 2 aliphatic rings. The Morgan fingerprint density at radius 1 is 1.02 bits per heavy atom. The van der Waals surface area contributed by atoms with E-state index in [2.05, 4.69) is 9.97 Å². The van der Waals surface area contributed by atoms with Crippen LogP contribution in [0.5, 0.6) is 0 Å². The number of halogens is 6. The van der Waals surface area contributed by atoms with Crippen molar-refractivity contribution in [1.29, 1.82) is 0 Å². The molecule has 0 saturated carbocycles. The lowest BCUT2D eigenvalue weighted by Crippen LogP contribution is -2.67. The quantitative estimate of drug-likeness (QED) is 0.487. The van der Waals surface area contributed by atoms with E-state index < -0.39 is 39.9 Å². The average molecular weight is 603 g/mol. The standard InChI is InChI=1S/C18H21N3O4S.2C2HF3O2/c22-26(23,17-5-3-7-19-11-17)21-13-18(14-21)10-16(6-9-25-18)24-12-15-4-1-2-8-20-15;2*3-2(4,5)1(6)7/h1-5,7-8,11,16H,6,9-10,12-14H2;2*(H,6,7). The molecular formula is C22H23F6N3O8S. The van der Waals surface area contributed by atoms with Gasteiger partial charge in [-0.15, -0.1) is 0 Å². The number of carboxylic acid groups (broad SMARTS) is 2. The molecular weight excluding hydrogens is 580 g/mol. The molecule has 0 aliphatic carbocycles. The third-order valence-electron chi connectivity index (χ3n) is 5.33. The molecule has 2 aromatic heterocycles. The number of pyridine rings is 2. The number of nitrogens with zero attached hydrogens (tertiary/aromatic N) is 3. The number of carbonyl (C=O) groups is 2. The van der Waals surface area contributed by atoms with E-state index in [1.807, 2.05) is 18.2 Å². The Kier molecular flexibility index (Phi) is 11.0. The SMILES string of the molecule is O=C(O)C(F)(F)F.O=C(O)C(F)(F)F.O=S(=O)(c1cccnc1)N1CC2(CC(OCc3ccccn3)CCO2)C1. The first-order chi connectivity index (χ1) is 18.5. The van der Waals surface area contributed by atoms with Crippen LogP contribution >= 0.6 is 0 Å². The number of alkyl halides is 6. The van der Waals surface area contributed by atoms with Crippen LogP contribution < -0.4 is 0 Å². The van der Waals surface area contributed by atoms with Crippen molar-refractivity contribution in [3.05, 3.63) is 54.6 Å². The number of ether oxygens (including phenoxy) is 2. The fourth-order valence-corrected chi connectivity index (χ4v) is 5.00. The van der Waals surface area contributed by atoms with E-state index in [0.29, 0.717) is 32.7 Å².